The van der Waals surface area contributed by atoms with Gasteiger partial charge >= 0.3 is 0 Å². The lowest BCUT2D eigenvalue weighted by Crippen LogP contribution is -2.17. The zero-order valence-electron chi connectivity index (χ0n) is 12.9. The number of nitrogens with one attached hydrogen (secondary N) is 2. The smallest absolute Gasteiger partial charge is 0.229 e. The molecule has 1 aliphatic carbocycles. The number of fused-ring (bicyclic) bond motifs is 1. The molecule has 2 atom stereocenters. The fraction of sp³-hybridized carbons (Fsp3) is 0.412. The van der Waals surface area contributed by atoms with Crippen molar-refractivity contribution in [3.8, 4) is 0 Å². The van der Waals surface area contributed by atoms with Crippen LogP contribution in [0.25, 0.3) is 10.9 Å². The molecule has 1 heterocycles. The molecule has 0 radical (unpaired) electrons. The maximum Gasteiger partial charge on any atom is 0.229 e. The van der Waals surface area contributed by atoms with Crippen LogP contribution in [0.1, 0.15) is 27.7 Å². The fourth-order valence-electron chi connectivity index (χ4n) is 3.10. The molecule has 1 fully saturated rings. The van der Waals surface area contributed by atoms with Gasteiger partial charge in [0.25, 0.3) is 0 Å². The van der Waals surface area contributed by atoms with Crippen molar-refractivity contribution in [1.82, 2.24) is 10.2 Å². The molecule has 2 aromatic rings. The second kappa shape index (κ2) is 4.72. The predicted molar refractivity (Wildman–Crippen MR) is 84.9 cm³/mol. The minimum Gasteiger partial charge on any atom is -0.308 e. The number of H-pyrrole nitrogens is 1. The van der Waals surface area contributed by atoms with Gasteiger partial charge in [0.05, 0.1) is 11.4 Å². The highest BCUT2D eigenvalue weighted by atomic mass is 16.2. The van der Waals surface area contributed by atoms with Crippen LogP contribution in [0.3, 0.4) is 0 Å². The Bertz CT molecular complexity index is 722. The average Bonchev–Trinajstić information content (AvgIpc) is 2.78. The van der Waals surface area contributed by atoms with Crippen LogP contribution in [0, 0.1) is 17.3 Å². The van der Waals surface area contributed by atoms with Crippen LogP contribution in [-0.4, -0.2) is 16.1 Å². The van der Waals surface area contributed by atoms with E-state index in [4.69, 9.17) is 0 Å². The third kappa shape index (κ3) is 2.35. The Morgan fingerprint density at radius 1 is 1.33 bits per heavy atom. The summed E-state index contributed by atoms with van der Waals surface area (Å²) in [7, 11) is 0. The normalized spacial score (nSPS) is 22.9. The van der Waals surface area contributed by atoms with Crippen molar-refractivity contribution in [3.05, 3.63) is 35.9 Å². The molecule has 1 amide bonds. The van der Waals surface area contributed by atoms with Gasteiger partial charge in [-0.05, 0) is 37.3 Å². The predicted octanol–water partition coefficient (Wildman–Crippen LogP) is 3.74. The van der Waals surface area contributed by atoms with E-state index in [1.54, 1.807) is 0 Å². The number of nitrogens with zero attached hydrogens (tertiary/aromatic N) is 1. The third-order valence-electron chi connectivity index (χ3n) is 4.42. The van der Waals surface area contributed by atoms with Gasteiger partial charge in [0.15, 0.2) is 5.82 Å². The molecule has 0 spiro atoms. The Morgan fingerprint density at radius 3 is 2.76 bits per heavy atom. The van der Waals surface area contributed by atoms with Crippen LogP contribution in [-0.2, 0) is 4.79 Å². The van der Waals surface area contributed by atoms with E-state index < -0.39 is 0 Å². The first-order valence-corrected chi connectivity index (χ1v) is 7.30. The summed E-state index contributed by atoms with van der Waals surface area (Å²) in [5.41, 5.74) is 2.21. The molecule has 1 saturated carbocycles. The lowest BCUT2D eigenvalue weighted by atomic mass is 10.1. The summed E-state index contributed by atoms with van der Waals surface area (Å²) in [5.74, 6) is 1.00. The SMILES string of the molecule is CC(C)=C[C@H]1[C@@H](C(=O)Nc2n[nH]c3ccccc23)C1(C)C. The van der Waals surface area contributed by atoms with Crippen LogP contribution >= 0.6 is 0 Å². The fourth-order valence-corrected chi connectivity index (χ4v) is 3.10. The van der Waals surface area contributed by atoms with Gasteiger partial charge in [-0.1, -0.05) is 37.6 Å². The first-order valence-electron chi connectivity index (χ1n) is 7.30. The Morgan fingerprint density at radius 2 is 2.05 bits per heavy atom. The van der Waals surface area contributed by atoms with Gasteiger partial charge in [0.2, 0.25) is 5.91 Å². The summed E-state index contributed by atoms with van der Waals surface area (Å²) in [5, 5.41) is 11.1. The van der Waals surface area contributed by atoms with Crippen LogP contribution < -0.4 is 5.32 Å². The van der Waals surface area contributed by atoms with Gasteiger partial charge in [0.1, 0.15) is 0 Å². The van der Waals surface area contributed by atoms with Gasteiger partial charge in [-0.15, -0.1) is 0 Å². The standard InChI is InChI=1S/C17H21N3O/c1-10(2)9-12-14(17(12,3)4)16(21)18-15-11-7-5-6-8-13(11)19-20-15/h5-9,12,14H,1-4H3,(H2,18,19,20,21)/t12-,14-/m0/s1. The Hall–Kier alpha value is -2.10. The van der Waals surface area contributed by atoms with Crippen molar-refractivity contribution >= 4 is 22.6 Å². The topological polar surface area (TPSA) is 57.8 Å². The Labute approximate surface area is 124 Å². The minimum absolute atomic E-state index is 0.0165. The summed E-state index contributed by atoms with van der Waals surface area (Å²) in [4.78, 5) is 12.5. The maximum atomic E-state index is 12.5. The largest absolute Gasteiger partial charge is 0.308 e. The molecule has 0 saturated heterocycles. The zero-order valence-corrected chi connectivity index (χ0v) is 12.9. The number of carbonyl (C=O) groups is 1. The van der Waals surface area contributed by atoms with Gasteiger partial charge in [-0.25, -0.2) is 0 Å². The minimum atomic E-state index is 0.0165. The van der Waals surface area contributed by atoms with E-state index in [0.29, 0.717) is 11.7 Å². The van der Waals surface area contributed by atoms with Crippen LogP contribution in [0.2, 0.25) is 0 Å². The highest BCUT2D eigenvalue weighted by Crippen LogP contribution is 2.59. The van der Waals surface area contributed by atoms with E-state index in [1.165, 1.54) is 5.57 Å². The van der Waals surface area contributed by atoms with Crippen molar-refractivity contribution in [3.63, 3.8) is 0 Å². The molecule has 110 valence electrons. The van der Waals surface area contributed by atoms with Gasteiger partial charge in [0, 0.05) is 5.39 Å². The Kier molecular flexibility index (Phi) is 3.12. The number of aromatic nitrogens is 2. The number of benzene rings is 1. The van der Waals surface area contributed by atoms with Crippen LogP contribution in [0.5, 0.6) is 0 Å². The second-order valence-corrected chi connectivity index (χ2v) is 6.68. The third-order valence-corrected chi connectivity index (χ3v) is 4.42. The van der Waals surface area contributed by atoms with E-state index >= 15 is 0 Å². The number of anilines is 1. The quantitative estimate of drug-likeness (QED) is 0.843. The number of aromatic amines is 1. The second-order valence-electron chi connectivity index (χ2n) is 6.68. The summed E-state index contributed by atoms with van der Waals surface area (Å²) < 4.78 is 0. The van der Waals surface area contributed by atoms with Crippen molar-refractivity contribution < 1.29 is 4.79 Å². The average molecular weight is 283 g/mol. The van der Waals surface area contributed by atoms with E-state index in [0.717, 1.165) is 10.9 Å². The number of rotatable bonds is 3. The summed E-state index contributed by atoms with van der Waals surface area (Å²) in [6.45, 7) is 8.43. The lowest BCUT2D eigenvalue weighted by Gasteiger charge is -2.03. The van der Waals surface area contributed by atoms with Crippen molar-refractivity contribution in [2.24, 2.45) is 17.3 Å². The summed E-state index contributed by atoms with van der Waals surface area (Å²) >= 11 is 0. The van der Waals surface area contributed by atoms with E-state index in [1.807, 2.05) is 24.3 Å². The number of hydrogen-bond acceptors (Lipinski definition) is 2. The van der Waals surface area contributed by atoms with Gasteiger partial charge < -0.3 is 5.32 Å². The number of carbonyl (C=O) groups excluding carboxylic acids is 1. The highest BCUT2D eigenvalue weighted by molar-refractivity contribution is 6.02. The molecule has 4 nitrogen and oxygen atoms in total. The maximum absolute atomic E-state index is 12.5. The van der Waals surface area contributed by atoms with Crippen molar-refractivity contribution in [2.75, 3.05) is 5.32 Å². The lowest BCUT2D eigenvalue weighted by molar-refractivity contribution is -0.118. The molecule has 1 aromatic carbocycles. The molecule has 0 aliphatic heterocycles. The van der Waals surface area contributed by atoms with Crippen molar-refractivity contribution in [2.45, 2.75) is 27.7 Å². The molecule has 1 aliphatic rings. The highest BCUT2D eigenvalue weighted by Gasteiger charge is 2.60. The zero-order chi connectivity index (χ0) is 15.2. The molecular formula is C17H21N3O. The first-order chi connectivity index (χ1) is 9.91. The van der Waals surface area contributed by atoms with E-state index in [-0.39, 0.29) is 17.2 Å². The van der Waals surface area contributed by atoms with Crippen molar-refractivity contribution in [1.29, 1.82) is 0 Å². The number of allylic oxidation sites excluding steroid dienone is 2. The van der Waals surface area contributed by atoms with Gasteiger partial charge in [-0.3, -0.25) is 9.89 Å². The number of hydrogen-bond donors (Lipinski definition) is 2. The first kappa shape index (κ1) is 13.9. The van der Waals surface area contributed by atoms with Crippen LogP contribution in [0.4, 0.5) is 5.82 Å². The molecule has 0 bridgehead atoms. The number of amides is 1. The van der Waals surface area contributed by atoms with Gasteiger partial charge in [-0.2, -0.15) is 5.10 Å². The molecular weight excluding hydrogens is 262 g/mol. The van der Waals surface area contributed by atoms with E-state index in [9.17, 15) is 4.79 Å². The molecule has 3 rings (SSSR count). The monoisotopic (exact) mass is 283 g/mol. The summed E-state index contributed by atoms with van der Waals surface area (Å²) in [6.07, 6.45) is 2.20. The molecule has 4 heteroatoms. The molecule has 2 N–H and O–H groups in total. The van der Waals surface area contributed by atoms with Crippen LogP contribution in [0.15, 0.2) is 35.9 Å². The molecule has 0 unspecified atom stereocenters. The number of para-hydroxylation sites is 1. The molecule has 1 aromatic heterocycles. The molecule has 21 heavy (non-hydrogen) atoms. The Balaban J connectivity index is 1.80. The summed E-state index contributed by atoms with van der Waals surface area (Å²) in [6, 6.07) is 7.80. The van der Waals surface area contributed by atoms with E-state index in [2.05, 4.69) is 49.3 Å².